The fourth-order valence-electron chi connectivity index (χ4n) is 1.63. The molecule has 0 aliphatic rings. The second-order valence-electron chi connectivity index (χ2n) is 4.97. The van der Waals surface area contributed by atoms with Crippen LogP contribution in [0.5, 0.6) is 0 Å². The molecular weight excluding hydrogens is 206 g/mol. The van der Waals surface area contributed by atoms with Gasteiger partial charge in [0.05, 0.1) is 0 Å². The minimum atomic E-state index is 0.872. The Morgan fingerprint density at radius 3 is 1.12 bits per heavy atom. The average Bonchev–Trinajstić information content (AvgIpc) is 2.37. The highest BCUT2D eigenvalue weighted by atomic mass is 14.5. The molecule has 0 aromatic rings. The first-order valence-electron chi connectivity index (χ1n) is 8.03. The van der Waals surface area contributed by atoms with Gasteiger partial charge in [0.15, 0.2) is 0 Å². The van der Waals surface area contributed by atoms with E-state index in [4.69, 9.17) is 5.73 Å². The van der Waals surface area contributed by atoms with Crippen LogP contribution >= 0.6 is 0 Å². The topological polar surface area (TPSA) is 26.0 Å². The molecule has 0 rings (SSSR count). The Kier molecular flexibility index (Phi) is 24.1. The van der Waals surface area contributed by atoms with Crippen molar-refractivity contribution in [3.8, 4) is 0 Å². The summed E-state index contributed by atoms with van der Waals surface area (Å²) < 4.78 is 0. The number of rotatable bonds is 11. The number of nitrogens with two attached hydrogens (primary N) is 1. The molecule has 0 saturated heterocycles. The number of hydrogen-bond donors (Lipinski definition) is 1. The van der Waals surface area contributed by atoms with Crippen LogP contribution in [0, 0.1) is 0 Å². The number of unbranched alkanes of at least 4 members (excludes halogenated alkanes) is 10. The van der Waals surface area contributed by atoms with E-state index in [2.05, 4.69) is 20.8 Å². The predicted molar refractivity (Wildman–Crippen MR) is 81.5 cm³/mol. The fraction of sp³-hybridized carbons (Fsp3) is 1.00. The van der Waals surface area contributed by atoms with Gasteiger partial charge >= 0.3 is 0 Å². The van der Waals surface area contributed by atoms with E-state index >= 15 is 0 Å². The molecule has 0 aliphatic carbocycles. The minimum Gasteiger partial charge on any atom is -0.330 e. The van der Waals surface area contributed by atoms with Crippen molar-refractivity contribution < 1.29 is 0 Å². The summed E-state index contributed by atoms with van der Waals surface area (Å²) >= 11 is 0. The molecule has 0 spiro atoms. The Bertz CT molecular complexity index is 89.7. The predicted octanol–water partition coefficient (Wildman–Crippen LogP) is 5.67. The zero-order chi connectivity index (χ0) is 13.2. The van der Waals surface area contributed by atoms with Gasteiger partial charge in [0.1, 0.15) is 0 Å². The summed E-state index contributed by atoms with van der Waals surface area (Å²) in [6.45, 7) is 7.50. The lowest BCUT2D eigenvalue weighted by Gasteiger charge is -2.00. The van der Waals surface area contributed by atoms with Gasteiger partial charge in [0, 0.05) is 0 Å². The van der Waals surface area contributed by atoms with E-state index < -0.39 is 0 Å². The van der Waals surface area contributed by atoms with E-state index in [0.717, 1.165) is 6.54 Å². The van der Waals surface area contributed by atoms with Gasteiger partial charge in [-0.3, -0.25) is 0 Å². The monoisotopic (exact) mass is 243 g/mol. The Hall–Kier alpha value is -0.0400. The minimum absolute atomic E-state index is 0.872. The molecule has 17 heavy (non-hydrogen) atoms. The lowest BCUT2D eigenvalue weighted by Crippen LogP contribution is -1.97. The van der Waals surface area contributed by atoms with Crippen molar-refractivity contribution in [2.75, 3.05) is 6.54 Å². The van der Waals surface area contributed by atoms with Crippen molar-refractivity contribution in [2.45, 2.75) is 97.8 Å². The van der Waals surface area contributed by atoms with E-state index in [0.29, 0.717) is 0 Å². The molecule has 0 amide bonds. The van der Waals surface area contributed by atoms with Gasteiger partial charge in [-0.15, -0.1) is 0 Å². The standard InChI is InChI=1S/C12H27N.C4H10/c1-2-3-4-5-6-7-8-9-10-11-12-13;1-3-4-2/h2-13H2,1H3;3-4H2,1-2H3. The van der Waals surface area contributed by atoms with Crippen LogP contribution in [0.25, 0.3) is 0 Å². The number of hydrogen-bond acceptors (Lipinski definition) is 1. The summed E-state index contributed by atoms with van der Waals surface area (Å²) in [5.41, 5.74) is 5.42. The Morgan fingerprint density at radius 2 is 0.824 bits per heavy atom. The van der Waals surface area contributed by atoms with Crippen molar-refractivity contribution in [3.05, 3.63) is 0 Å². The van der Waals surface area contributed by atoms with Crippen LogP contribution in [-0.4, -0.2) is 6.54 Å². The molecule has 0 atom stereocenters. The average molecular weight is 243 g/mol. The summed E-state index contributed by atoms with van der Waals surface area (Å²) in [6.07, 6.45) is 16.6. The van der Waals surface area contributed by atoms with Crippen molar-refractivity contribution in [2.24, 2.45) is 5.73 Å². The smallest absolute Gasteiger partial charge is 0.00773 e. The third kappa shape index (κ3) is 25.9. The van der Waals surface area contributed by atoms with Gasteiger partial charge in [-0.05, 0) is 13.0 Å². The van der Waals surface area contributed by atoms with E-state index in [9.17, 15) is 0 Å². The van der Waals surface area contributed by atoms with Gasteiger partial charge in [-0.1, -0.05) is 91.4 Å². The van der Waals surface area contributed by atoms with Crippen LogP contribution < -0.4 is 5.73 Å². The van der Waals surface area contributed by atoms with Gasteiger partial charge in [0.2, 0.25) is 0 Å². The molecule has 106 valence electrons. The highest BCUT2D eigenvalue weighted by molar-refractivity contribution is 4.47. The first-order valence-corrected chi connectivity index (χ1v) is 8.03. The molecule has 1 heteroatoms. The first-order chi connectivity index (χ1) is 8.33. The third-order valence-corrected chi connectivity index (χ3v) is 3.06. The van der Waals surface area contributed by atoms with Gasteiger partial charge < -0.3 is 5.73 Å². The molecular formula is C16H37N. The zero-order valence-corrected chi connectivity index (χ0v) is 12.8. The maximum Gasteiger partial charge on any atom is -0.00773 e. The normalized spacial score (nSPS) is 9.88. The second-order valence-corrected chi connectivity index (χ2v) is 4.97. The van der Waals surface area contributed by atoms with Crippen molar-refractivity contribution in [1.29, 1.82) is 0 Å². The zero-order valence-electron chi connectivity index (χ0n) is 12.8. The van der Waals surface area contributed by atoms with E-state index in [1.807, 2.05) is 0 Å². The lowest BCUT2D eigenvalue weighted by molar-refractivity contribution is 0.558. The van der Waals surface area contributed by atoms with Crippen LogP contribution in [0.2, 0.25) is 0 Å². The van der Waals surface area contributed by atoms with Crippen LogP contribution in [0.3, 0.4) is 0 Å². The molecule has 0 aromatic heterocycles. The molecule has 0 aliphatic heterocycles. The molecule has 0 aromatic carbocycles. The SMILES string of the molecule is CCCC.CCCCCCCCCCCCN. The Morgan fingerprint density at radius 1 is 0.471 bits per heavy atom. The first kappa shape index (κ1) is 19.3. The molecule has 0 unspecified atom stereocenters. The van der Waals surface area contributed by atoms with Gasteiger partial charge in [-0.25, -0.2) is 0 Å². The Balaban J connectivity index is 0. The van der Waals surface area contributed by atoms with E-state index in [1.54, 1.807) is 0 Å². The van der Waals surface area contributed by atoms with Crippen molar-refractivity contribution in [1.82, 2.24) is 0 Å². The second kappa shape index (κ2) is 21.3. The molecule has 0 fully saturated rings. The largest absolute Gasteiger partial charge is 0.330 e. The molecule has 1 nitrogen and oxygen atoms in total. The lowest BCUT2D eigenvalue weighted by atomic mass is 10.1. The van der Waals surface area contributed by atoms with Crippen molar-refractivity contribution in [3.63, 3.8) is 0 Å². The molecule has 2 N–H and O–H groups in total. The summed E-state index contributed by atoms with van der Waals surface area (Å²) in [7, 11) is 0. The molecule has 0 bridgehead atoms. The molecule has 0 heterocycles. The summed E-state index contributed by atoms with van der Waals surface area (Å²) in [4.78, 5) is 0. The van der Waals surface area contributed by atoms with Crippen LogP contribution in [-0.2, 0) is 0 Å². The molecule has 0 radical (unpaired) electrons. The third-order valence-electron chi connectivity index (χ3n) is 3.06. The van der Waals surface area contributed by atoms with E-state index in [-0.39, 0.29) is 0 Å². The van der Waals surface area contributed by atoms with Crippen LogP contribution in [0.4, 0.5) is 0 Å². The highest BCUT2D eigenvalue weighted by Crippen LogP contribution is 2.09. The summed E-state index contributed by atoms with van der Waals surface area (Å²) in [5, 5.41) is 0. The quantitative estimate of drug-likeness (QED) is 0.465. The van der Waals surface area contributed by atoms with Crippen LogP contribution in [0.15, 0.2) is 0 Å². The summed E-state index contributed by atoms with van der Waals surface area (Å²) in [5.74, 6) is 0. The Labute approximate surface area is 111 Å². The van der Waals surface area contributed by atoms with Gasteiger partial charge in [-0.2, -0.15) is 0 Å². The van der Waals surface area contributed by atoms with E-state index in [1.165, 1.54) is 77.0 Å². The van der Waals surface area contributed by atoms with Crippen molar-refractivity contribution >= 4 is 0 Å². The fourth-order valence-corrected chi connectivity index (χ4v) is 1.63. The summed E-state index contributed by atoms with van der Waals surface area (Å²) in [6, 6.07) is 0. The molecule has 0 saturated carbocycles. The van der Waals surface area contributed by atoms with Crippen LogP contribution in [0.1, 0.15) is 97.8 Å². The van der Waals surface area contributed by atoms with Gasteiger partial charge in [0.25, 0.3) is 0 Å². The maximum atomic E-state index is 5.42. The highest BCUT2D eigenvalue weighted by Gasteiger charge is 1.91. The maximum absolute atomic E-state index is 5.42.